The highest BCUT2D eigenvalue weighted by atomic mass is 32.2. The number of aliphatic hydroxyl groups is 3. The summed E-state index contributed by atoms with van der Waals surface area (Å²) in [4.78, 5) is 22.4. The zero-order chi connectivity index (χ0) is 62.1. The number of aromatic nitrogens is 6. The summed E-state index contributed by atoms with van der Waals surface area (Å²) < 4.78 is 222. The van der Waals surface area contributed by atoms with E-state index in [9.17, 15) is 80.1 Å². The predicted molar refractivity (Wildman–Crippen MR) is 282 cm³/mol. The van der Waals surface area contributed by atoms with E-state index in [1.807, 2.05) is 0 Å². The molecule has 1 aliphatic rings. The molecule has 0 bridgehead atoms. The topological polar surface area (TPSA) is 304 Å². The Morgan fingerprint density at radius 1 is 0.524 bits per heavy atom. The van der Waals surface area contributed by atoms with Gasteiger partial charge in [-0.1, -0.05) is 0 Å². The van der Waals surface area contributed by atoms with Gasteiger partial charge < -0.3 is 45.5 Å². The van der Waals surface area contributed by atoms with Gasteiger partial charge in [0.2, 0.25) is 35.5 Å². The predicted octanol–water partition coefficient (Wildman–Crippen LogP) is 8.66. The first-order valence-corrected chi connectivity index (χ1v) is 30.3. The lowest BCUT2D eigenvalue weighted by Crippen LogP contribution is -2.50. The summed E-state index contributed by atoms with van der Waals surface area (Å²) >= 11 is 0. The zero-order valence-electron chi connectivity index (χ0n) is 44.9. The fraction of sp³-hybridized carbons (Fsp3) is 0.412. The lowest BCUT2D eigenvalue weighted by atomic mass is 9.81. The molecule has 456 valence electrons. The van der Waals surface area contributed by atoms with Crippen LogP contribution < -0.4 is 30.2 Å². The van der Waals surface area contributed by atoms with Crippen molar-refractivity contribution in [2.75, 3.05) is 28.5 Å². The third-order valence-corrected chi connectivity index (χ3v) is 17.3. The Morgan fingerprint density at radius 2 is 0.821 bits per heavy atom. The molecule has 1 saturated carbocycles. The summed E-state index contributed by atoms with van der Waals surface area (Å²) in [7, 11) is -10.9. The Morgan fingerprint density at radius 3 is 1.10 bits per heavy atom. The number of hydrogen-bond acceptors (Lipinski definition) is 21. The Kier molecular flexibility index (Phi) is 18.7. The van der Waals surface area contributed by atoms with Crippen LogP contribution in [0.3, 0.4) is 0 Å². The van der Waals surface area contributed by atoms with Gasteiger partial charge in [-0.15, -0.1) is 0 Å². The van der Waals surface area contributed by atoms with Crippen molar-refractivity contribution < 1.29 is 94.3 Å². The van der Waals surface area contributed by atoms with Crippen molar-refractivity contribution in [2.45, 2.75) is 128 Å². The smallest absolute Gasteiger partial charge is 0.423 e. The Hall–Kier alpha value is -7.20. The largest absolute Gasteiger partial charge is 0.471 e. The van der Waals surface area contributed by atoms with Crippen LogP contribution in [-0.2, 0) is 48.0 Å². The van der Waals surface area contributed by atoms with E-state index in [2.05, 4.69) is 45.9 Å². The molecule has 0 spiro atoms. The molecule has 33 heteroatoms. The van der Waals surface area contributed by atoms with Crippen LogP contribution in [0.25, 0.3) is 0 Å². The van der Waals surface area contributed by atoms with Crippen LogP contribution in [-0.4, -0.2) is 124 Å². The van der Waals surface area contributed by atoms with Gasteiger partial charge in [0.1, 0.15) is 35.0 Å². The highest BCUT2D eigenvalue weighted by Gasteiger charge is 2.45. The molecule has 6 N–H and O–H groups in total. The van der Waals surface area contributed by atoms with E-state index in [1.165, 1.54) is 72.8 Å². The zero-order valence-corrected chi connectivity index (χ0v) is 47.3. The minimum atomic E-state index is -5.29. The Labute approximate surface area is 474 Å². The number of hydrogen-bond donors (Lipinski definition) is 6. The van der Waals surface area contributed by atoms with Gasteiger partial charge in [-0.3, -0.25) is 0 Å². The number of nitrogens with one attached hydrogen (secondary N) is 3. The van der Waals surface area contributed by atoms with Crippen LogP contribution in [0.1, 0.15) is 70.1 Å². The van der Waals surface area contributed by atoms with Gasteiger partial charge in [-0.05, 0) is 126 Å². The molecule has 21 nitrogen and oxygen atoms in total. The average Bonchev–Trinajstić information content (AvgIpc) is 4.22. The monoisotopic (exact) mass is 1250 g/mol. The highest BCUT2D eigenvalue weighted by Crippen LogP contribution is 2.42. The first-order chi connectivity index (χ1) is 38.8. The van der Waals surface area contributed by atoms with E-state index in [1.54, 1.807) is 0 Å². The van der Waals surface area contributed by atoms with Crippen LogP contribution in [0.5, 0.6) is 17.6 Å². The lowest BCUT2D eigenvalue weighted by molar-refractivity contribution is -0.143. The quantitative estimate of drug-likeness (QED) is 0.0309. The minimum Gasteiger partial charge on any atom is -0.471 e. The molecule has 7 rings (SSSR count). The summed E-state index contributed by atoms with van der Waals surface area (Å²) in [5, 5.41) is 42.7. The number of sulfone groups is 3. The van der Waals surface area contributed by atoms with Crippen LogP contribution in [0.2, 0.25) is 0 Å². The van der Waals surface area contributed by atoms with Gasteiger partial charge in [0.05, 0.1) is 37.7 Å². The van der Waals surface area contributed by atoms with Gasteiger partial charge in [0.25, 0.3) is 0 Å². The van der Waals surface area contributed by atoms with Gasteiger partial charge in [0.15, 0.2) is 29.5 Å². The Balaban J connectivity index is 1.22. The number of aliphatic hydroxyl groups excluding tert-OH is 2. The van der Waals surface area contributed by atoms with Gasteiger partial charge in [-0.2, -0.15) is 54.5 Å². The third-order valence-electron chi connectivity index (χ3n) is 12.8. The molecule has 1 aliphatic carbocycles. The molecule has 0 saturated heterocycles. The first kappa shape index (κ1) is 64.4. The second kappa shape index (κ2) is 24.4. The SMILES string of the molecule is C[C@@H](Oc1nc(Nc2ccc(S(C)(=O)=O)cc2)ncc1C(F)(F)F)[C@H](O)CC(C[C@@H](O)[C@@H](C)Oc1nc(Nc2ccc(S(=O)(=O)C3CC3)cc2)ncc1C(F)(F)F)C(Oc1nc(Nc2ccc(S(C)(=O)=O)cc2)ncc1C(F)(F)F)C(C)(C)O. The van der Waals surface area contributed by atoms with Crippen molar-refractivity contribution in [3.05, 3.63) is 108 Å². The molecule has 84 heavy (non-hydrogen) atoms. The normalized spacial score (nSPS) is 15.9. The summed E-state index contributed by atoms with van der Waals surface area (Å²) in [6.45, 7) is 4.18. The van der Waals surface area contributed by atoms with E-state index in [0.29, 0.717) is 31.4 Å². The molecule has 3 heterocycles. The number of halogens is 9. The fourth-order valence-electron chi connectivity index (χ4n) is 8.18. The number of benzene rings is 3. The van der Waals surface area contributed by atoms with Crippen molar-refractivity contribution in [2.24, 2.45) is 5.92 Å². The summed E-state index contributed by atoms with van der Waals surface area (Å²) in [5.74, 6) is -6.93. The summed E-state index contributed by atoms with van der Waals surface area (Å²) in [6.07, 6.45) is -23.3. The van der Waals surface area contributed by atoms with Gasteiger partial charge >= 0.3 is 18.5 Å². The molecule has 3 aromatic heterocycles. The molecular formula is C51H54F9N9O12S3. The molecule has 0 radical (unpaired) electrons. The van der Waals surface area contributed by atoms with Gasteiger partial charge in [0, 0.05) is 54.1 Å². The van der Waals surface area contributed by atoms with Crippen molar-refractivity contribution >= 4 is 64.4 Å². The summed E-state index contributed by atoms with van der Waals surface area (Å²) in [5.41, 5.74) is -6.80. The van der Waals surface area contributed by atoms with Crippen molar-refractivity contribution in [1.82, 2.24) is 29.9 Å². The van der Waals surface area contributed by atoms with Gasteiger partial charge in [-0.25, -0.2) is 40.2 Å². The van der Waals surface area contributed by atoms with Crippen molar-refractivity contribution in [3.63, 3.8) is 0 Å². The molecule has 0 aliphatic heterocycles. The van der Waals surface area contributed by atoms with Crippen molar-refractivity contribution in [1.29, 1.82) is 0 Å². The maximum Gasteiger partial charge on any atom is 0.423 e. The van der Waals surface area contributed by atoms with Crippen LogP contribution in [0.15, 0.2) is 106 Å². The maximum atomic E-state index is 14.8. The molecule has 1 fully saturated rings. The Bertz CT molecular complexity index is 3660. The van der Waals surface area contributed by atoms with E-state index in [-0.39, 0.29) is 31.7 Å². The number of rotatable bonds is 24. The van der Waals surface area contributed by atoms with Crippen LogP contribution in [0.4, 0.5) is 74.4 Å². The minimum absolute atomic E-state index is 0.000947. The summed E-state index contributed by atoms with van der Waals surface area (Å²) in [6, 6.07) is 14.9. The first-order valence-electron chi connectivity index (χ1n) is 24.9. The van der Waals surface area contributed by atoms with Crippen LogP contribution in [0, 0.1) is 5.92 Å². The van der Waals surface area contributed by atoms with E-state index in [0.717, 1.165) is 40.2 Å². The molecular weight excluding hydrogens is 1200 g/mol. The molecule has 0 amide bonds. The maximum absolute atomic E-state index is 14.8. The number of anilines is 6. The number of alkyl halides is 9. The number of ether oxygens (including phenoxy) is 3. The lowest BCUT2D eigenvalue weighted by Gasteiger charge is -2.39. The van der Waals surface area contributed by atoms with Crippen LogP contribution >= 0.6 is 0 Å². The van der Waals surface area contributed by atoms with E-state index >= 15 is 0 Å². The molecule has 3 aromatic carbocycles. The third kappa shape index (κ3) is 16.6. The second-order valence-electron chi connectivity index (χ2n) is 20.2. The number of nitrogens with zero attached hydrogens (tertiary/aromatic N) is 6. The van der Waals surface area contributed by atoms with E-state index in [4.69, 9.17) is 14.2 Å². The van der Waals surface area contributed by atoms with E-state index < -0.39 is 160 Å². The molecule has 2 unspecified atom stereocenters. The molecule has 6 aromatic rings. The van der Waals surface area contributed by atoms with Crippen molar-refractivity contribution in [3.8, 4) is 17.6 Å². The average molecular weight is 1250 g/mol. The highest BCUT2D eigenvalue weighted by molar-refractivity contribution is 7.92. The molecule has 6 atom stereocenters. The second-order valence-corrected chi connectivity index (χ2v) is 26.4. The fourth-order valence-corrected chi connectivity index (χ4v) is 11.1. The standard InChI is InChI=1S/C51H54F9N9O12S3/c1-26(79-42-36(49(52,53)54)23-61-45(67-42)64-29-7-13-32(14-8-29)82(5,73)74)39(70)21-28(41(48(3,4)72)81-44-38(51(58,59)60)25-63-47(69-44)65-30-9-15-33(16-10-30)83(6,75)76)22-40(71)27(2)80-43-37(50(55,56)57)24-62-46(68-43)66-31-11-17-34(18-12-31)84(77,78)35-19-20-35/h7-18,23-28,35,39-41,70-72H,19-22H2,1-6H3,(H,61,64,67)(H,62,66,68)(H,63,65,69)/t26-,27-,28?,39-,40-,41?/m1/s1.